The summed E-state index contributed by atoms with van der Waals surface area (Å²) >= 11 is 0. The van der Waals surface area contributed by atoms with Gasteiger partial charge in [0.2, 0.25) is 0 Å². The zero-order valence-corrected chi connectivity index (χ0v) is 16.3. The van der Waals surface area contributed by atoms with Gasteiger partial charge in [0.25, 0.3) is 11.8 Å². The van der Waals surface area contributed by atoms with Crippen LogP contribution in [0.1, 0.15) is 61.9 Å². The van der Waals surface area contributed by atoms with E-state index in [9.17, 15) is 14.4 Å². The highest BCUT2D eigenvalue weighted by Crippen LogP contribution is 2.22. The minimum atomic E-state index is -0.680. The molecule has 1 aliphatic carbocycles. The molecule has 0 aromatic heterocycles. The molecule has 1 aromatic rings. The molecule has 1 aliphatic rings. The first-order chi connectivity index (χ1) is 13.4. The highest BCUT2D eigenvalue weighted by atomic mass is 16.5. The molecule has 152 valence electrons. The van der Waals surface area contributed by atoms with Crippen molar-refractivity contribution >= 4 is 23.9 Å². The minimum Gasteiger partial charge on any atom is -0.461 e. The quantitative estimate of drug-likeness (QED) is 0.275. The number of ether oxygens (including phenoxy) is 1. The Balaban J connectivity index is 2.00. The maximum Gasteiger partial charge on any atom is 0.328 e. The van der Waals surface area contributed by atoms with Crippen molar-refractivity contribution in [3.63, 3.8) is 0 Å². The summed E-state index contributed by atoms with van der Waals surface area (Å²) in [6.07, 6.45) is 7.06. The molecule has 2 amide bonds. The molecule has 3 N–H and O–H groups in total. The molecule has 28 heavy (non-hydrogen) atoms. The van der Waals surface area contributed by atoms with E-state index in [0.717, 1.165) is 25.7 Å². The first kappa shape index (κ1) is 21.6. The van der Waals surface area contributed by atoms with Crippen molar-refractivity contribution in [1.82, 2.24) is 10.8 Å². The third-order valence-electron chi connectivity index (χ3n) is 4.59. The molecule has 0 spiro atoms. The van der Waals surface area contributed by atoms with Crippen molar-refractivity contribution in [1.29, 1.82) is 0 Å². The molecule has 1 fully saturated rings. The lowest BCUT2D eigenvalue weighted by molar-refractivity contribution is -0.151. The van der Waals surface area contributed by atoms with Gasteiger partial charge in [-0.05, 0) is 61.8 Å². The minimum absolute atomic E-state index is 0.0405. The fourth-order valence-corrected chi connectivity index (χ4v) is 3.13. The van der Waals surface area contributed by atoms with Gasteiger partial charge in [0.1, 0.15) is 12.1 Å². The van der Waals surface area contributed by atoms with Crippen molar-refractivity contribution < 1.29 is 24.3 Å². The van der Waals surface area contributed by atoms with E-state index in [4.69, 9.17) is 9.94 Å². The molecule has 0 unspecified atom stereocenters. The van der Waals surface area contributed by atoms with Crippen LogP contribution in [0.5, 0.6) is 0 Å². The van der Waals surface area contributed by atoms with Crippen molar-refractivity contribution in [3.8, 4) is 0 Å². The summed E-state index contributed by atoms with van der Waals surface area (Å²) in [5, 5.41) is 11.3. The number of hydroxylamine groups is 1. The normalized spacial score (nSPS) is 15.6. The molecule has 0 saturated heterocycles. The smallest absolute Gasteiger partial charge is 0.328 e. The van der Waals surface area contributed by atoms with Crippen LogP contribution in [0.15, 0.2) is 30.3 Å². The van der Waals surface area contributed by atoms with Crippen molar-refractivity contribution in [3.05, 3.63) is 41.5 Å². The van der Waals surface area contributed by atoms with Crippen molar-refractivity contribution in [2.24, 2.45) is 5.92 Å². The summed E-state index contributed by atoms with van der Waals surface area (Å²) in [5.74, 6) is -1.13. The molecule has 0 radical (unpaired) electrons. The van der Waals surface area contributed by atoms with Gasteiger partial charge in [-0.25, -0.2) is 10.3 Å². The summed E-state index contributed by atoms with van der Waals surface area (Å²) in [7, 11) is 0. The Morgan fingerprint density at radius 1 is 1.18 bits per heavy atom. The lowest BCUT2D eigenvalue weighted by Crippen LogP contribution is -2.43. The van der Waals surface area contributed by atoms with Gasteiger partial charge >= 0.3 is 5.97 Å². The van der Waals surface area contributed by atoms with Gasteiger partial charge in [-0.1, -0.05) is 26.0 Å². The second-order valence-electron chi connectivity index (χ2n) is 7.43. The molecule has 0 heterocycles. The van der Waals surface area contributed by atoms with E-state index in [0.29, 0.717) is 17.5 Å². The maximum atomic E-state index is 12.6. The number of esters is 1. The van der Waals surface area contributed by atoms with Crippen LogP contribution >= 0.6 is 0 Å². The number of rotatable bonds is 8. The SMILES string of the molecule is CC(C)C[C@@H](NC(=O)c1ccc(/C=C/C(=O)NO)cc1)C(=O)OC1CCCC1. The number of hydrogen-bond acceptors (Lipinski definition) is 5. The van der Waals surface area contributed by atoms with E-state index in [2.05, 4.69) is 5.32 Å². The highest BCUT2D eigenvalue weighted by Gasteiger charge is 2.27. The lowest BCUT2D eigenvalue weighted by atomic mass is 10.0. The van der Waals surface area contributed by atoms with Gasteiger partial charge in [-0.2, -0.15) is 0 Å². The third-order valence-corrected chi connectivity index (χ3v) is 4.59. The molecule has 1 atom stereocenters. The zero-order valence-electron chi connectivity index (χ0n) is 16.3. The molecule has 7 heteroatoms. The number of carbonyl (C=O) groups excluding carboxylic acids is 3. The molecule has 2 rings (SSSR count). The average Bonchev–Trinajstić information content (AvgIpc) is 3.18. The summed E-state index contributed by atoms with van der Waals surface area (Å²) in [6, 6.07) is 5.89. The molecule has 1 saturated carbocycles. The molecular weight excluding hydrogens is 360 g/mol. The highest BCUT2D eigenvalue weighted by molar-refractivity contribution is 5.97. The predicted octanol–water partition coefficient (Wildman–Crippen LogP) is 2.84. The largest absolute Gasteiger partial charge is 0.461 e. The van der Waals surface area contributed by atoms with Gasteiger partial charge in [0, 0.05) is 11.6 Å². The summed E-state index contributed by atoms with van der Waals surface area (Å²) in [6.45, 7) is 3.98. The van der Waals surface area contributed by atoms with Crippen LogP contribution in [0, 0.1) is 5.92 Å². The van der Waals surface area contributed by atoms with E-state index in [1.165, 1.54) is 17.6 Å². The van der Waals surface area contributed by atoms with Gasteiger partial charge in [0.15, 0.2) is 0 Å². The van der Waals surface area contributed by atoms with Gasteiger partial charge < -0.3 is 10.1 Å². The van der Waals surface area contributed by atoms with E-state index in [1.54, 1.807) is 24.3 Å². The molecule has 7 nitrogen and oxygen atoms in total. The zero-order chi connectivity index (χ0) is 20.5. The fourth-order valence-electron chi connectivity index (χ4n) is 3.13. The second kappa shape index (κ2) is 10.6. The molecule has 0 bridgehead atoms. The summed E-state index contributed by atoms with van der Waals surface area (Å²) in [5.41, 5.74) is 2.61. The summed E-state index contributed by atoms with van der Waals surface area (Å²) in [4.78, 5) is 36.1. The molecule has 0 aliphatic heterocycles. The number of benzene rings is 1. The Morgan fingerprint density at radius 2 is 1.82 bits per heavy atom. The standard InChI is InChI=1S/C21H28N2O5/c1-14(2)13-18(21(26)28-17-5-3-4-6-17)22-20(25)16-10-7-15(8-11-16)9-12-19(24)23-27/h7-12,14,17-18,27H,3-6,13H2,1-2H3,(H,22,25)(H,23,24)/b12-9+/t18-/m1/s1. The summed E-state index contributed by atoms with van der Waals surface area (Å²) < 4.78 is 5.57. The van der Waals surface area contributed by atoms with E-state index < -0.39 is 11.9 Å². The van der Waals surface area contributed by atoms with Gasteiger partial charge in [-0.3, -0.25) is 14.8 Å². The first-order valence-electron chi connectivity index (χ1n) is 9.62. The Hall–Kier alpha value is -2.67. The second-order valence-corrected chi connectivity index (χ2v) is 7.43. The number of nitrogens with one attached hydrogen (secondary N) is 2. The Bertz CT molecular complexity index is 706. The maximum absolute atomic E-state index is 12.6. The number of carbonyl (C=O) groups is 3. The van der Waals surface area contributed by atoms with Crippen molar-refractivity contribution in [2.75, 3.05) is 0 Å². The lowest BCUT2D eigenvalue weighted by Gasteiger charge is -2.21. The van der Waals surface area contributed by atoms with E-state index in [-0.39, 0.29) is 23.9 Å². The predicted molar refractivity (Wildman–Crippen MR) is 104 cm³/mol. The van der Waals surface area contributed by atoms with Crippen LogP contribution in [-0.4, -0.2) is 35.1 Å². The van der Waals surface area contributed by atoms with Gasteiger partial charge in [-0.15, -0.1) is 0 Å². The topological polar surface area (TPSA) is 105 Å². The van der Waals surface area contributed by atoms with Crippen LogP contribution < -0.4 is 10.8 Å². The van der Waals surface area contributed by atoms with Crippen LogP contribution in [0.2, 0.25) is 0 Å². The van der Waals surface area contributed by atoms with E-state index in [1.807, 2.05) is 13.8 Å². The fraction of sp³-hybridized carbons (Fsp3) is 0.476. The van der Waals surface area contributed by atoms with Gasteiger partial charge in [0.05, 0.1) is 0 Å². The van der Waals surface area contributed by atoms with Crippen LogP contribution in [0.25, 0.3) is 6.08 Å². The Morgan fingerprint density at radius 3 is 2.39 bits per heavy atom. The number of amides is 2. The van der Waals surface area contributed by atoms with Crippen LogP contribution in [-0.2, 0) is 14.3 Å². The van der Waals surface area contributed by atoms with Crippen LogP contribution in [0.4, 0.5) is 0 Å². The first-order valence-corrected chi connectivity index (χ1v) is 9.62. The Kier molecular flexibility index (Phi) is 8.19. The Labute approximate surface area is 165 Å². The molecule has 1 aromatic carbocycles. The number of hydrogen-bond donors (Lipinski definition) is 3. The average molecular weight is 388 g/mol. The monoisotopic (exact) mass is 388 g/mol. The van der Waals surface area contributed by atoms with Crippen molar-refractivity contribution in [2.45, 2.75) is 58.1 Å². The van der Waals surface area contributed by atoms with E-state index >= 15 is 0 Å². The van der Waals surface area contributed by atoms with Crippen LogP contribution in [0.3, 0.4) is 0 Å². The molecular formula is C21H28N2O5. The third kappa shape index (κ3) is 6.81.